The Hall–Kier alpha value is -2.82. The van der Waals surface area contributed by atoms with Crippen molar-refractivity contribution >= 4 is 17.2 Å². The number of carbonyl (C=O) groups excluding carboxylic acids is 1. The Labute approximate surface area is 141 Å². The highest BCUT2D eigenvalue weighted by atomic mass is 16.5. The number of hydrogen-bond acceptors (Lipinski definition) is 3. The normalized spacial score (nSPS) is 10.8. The molecule has 0 unspecified atom stereocenters. The number of carbonyl (C=O) groups is 1. The fourth-order valence-corrected chi connectivity index (χ4v) is 2.72. The van der Waals surface area contributed by atoms with Crippen LogP contribution in [0.25, 0.3) is 5.65 Å². The van der Waals surface area contributed by atoms with Crippen molar-refractivity contribution in [1.29, 1.82) is 0 Å². The summed E-state index contributed by atoms with van der Waals surface area (Å²) in [5, 5.41) is 2.96. The van der Waals surface area contributed by atoms with Gasteiger partial charge in [0.25, 0.3) is 5.91 Å². The number of hydrogen-bond donors (Lipinski definition) is 1. The van der Waals surface area contributed by atoms with Crippen LogP contribution < -0.4 is 10.1 Å². The van der Waals surface area contributed by atoms with Crippen LogP contribution in [0.1, 0.15) is 35.6 Å². The SMILES string of the molecule is CCOc1ccccc1NC(=O)c1c(CC)nc2ccc(C)cn12. The first kappa shape index (κ1) is 16.1. The summed E-state index contributed by atoms with van der Waals surface area (Å²) in [7, 11) is 0. The van der Waals surface area contributed by atoms with Gasteiger partial charge in [0.2, 0.25) is 0 Å². The molecule has 5 nitrogen and oxygen atoms in total. The number of fused-ring (bicyclic) bond motifs is 1. The van der Waals surface area contributed by atoms with E-state index in [9.17, 15) is 4.79 Å². The summed E-state index contributed by atoms with van der Waals surface area (Å²) in [6.45, 7) is 6.46. The molecule has 0 aliphatic heterocycles. The molecule has 2 aromatic heterocycles. The summed E-state index contributed by atoms with van der Waals surface area (Å²) in [5.74, 6) is 0.480. The van der Waals surface area contributed by atoms with Crippen molar-refractivity contribution in [3.05, 3.63) is 59.5 Å². The summed E-state index contributed by atoms with van der Waals surface area (Å²) in [4.78, 5) is 17.5. The third-order valence-electron chi connectivity index (χ3n) is 3.82. The van der Waals surface area contributed by atoms with E-state index in [2.05, 4.69) is 10.3 Å². The van der Waals surface area contributed by atoms with Gasteiger partial charge in [-0.3, -0.25) is 9.20 Å². The molecule has 1 N–H and O–H groups in total. The van der Waals surface area contributed by atoms with E-state index >= 15 is 0 Å². The number of nitrogens with one attached hydrogen (secondary N) is 1. The van der Waals surface area contributed by atoms with Crippen LogP contribution in [0, 0.1) is 6.92 Å². The number of pyridine rings is 1. The highest BCUT2D eigenvalue weighted by Gasteiger charge is 2.19. The van der Waals surface area contributed by atoms with E-state index in [4.69, 9.17) is 4.74 Å². The molecule has 0 radical (unpaired) electrons. The van der Waals surface area contributed by atoms with Crippen LogP contribution in [-0.2, 0) is 6.42 Å². The number of ether oxygens (including phenoxy) is 1. The fourth-order valence-electron chi connectivity index (χ4n) is 2.72. The number of nitrogens with zero attached hydrogens (tertiary/aromatic N) is 2. The van der Waals surface area contributed by atoms with Crippen molar-refractivity contribution in [3.63, 3.8) is 0 Å². The van der Waals surface area contributed by atoms with E-state index in [1.54, 1.807) is 0 Å². The molecule has 0 saturated carbocycles. The third kappa shape index (κ3) is 2.97. The maximum absolute atomic E-state index is 12.9. The van der Waals surface area contributed by atoms with Crippen molar-refractivity contribution in [1.82, 2.24) is 9.38 Å². The van der Waals surface area contributed by atoms with Crippen LogP contribution in [0.15, 0.2) is 42.6 Å². The third-order valence-corrected chi connectivity index (χ3v) is 3.82. The first-order chi connectivity index (χ1) is 11.6. The molecule has 1 amide bonds. The topological polar surface area (TPSA) is 55.6 Å². The number of para-hydroxylation sites is 2. The van der Waals surface area contributed by atoms with Gasteiger partial charge in [0.15, 0.2) is 0 Å². The van der Waals surface area contributed by atoms with Crippen molar-refractivity contribution in [2.45, 2.75) is 27.2 Å². The van der Waals surface area contributed by atoms with Gasteiger partial charge in [0.05, 0.1) is 18.0 Å². The van der Waals surface area contributed by atoms with Gasteiger partial charge in [-0.1, -0.05) is 25.1 Å². The minimum Gasteiger partial charge on any atom is -0.492 e. The predicted molar refractivity (Wildman–Crippen MR) is 94.9 cm³/mol. The number of benzene rings is 1. The number of imidazole rings is 1. The molecule has 24 heavy (non-hydrogen) atoms. The Morgan fingerprint density at radius 2 is 2.00 bits per heavy atom. The van der Waals surface area contributed by atoms with E-state index in [1.807, 2.05) is 67.8 Å². The molecule has 2 heterocycles. The monoisotopic (exact) mass is 323 g/mol. The molecule has 5 heteroatoms. The molecule has 3 rings (SSSR count). The minimum absolute atomic E-state index is 0.183. The fraction of sp³-hybridized carbons (Fsp3) is 0.263. The second-order valence-corrected chi connectivity index (χ2v) is 5.58. The summed E-state index contributed by atoms with van der Waals surface area (Å²) < 4.78 is 7.44. The molecule has 124 valence electrons. The van der Waals surface area contributed by atoms with Crippen LogP contribution in [0.3, 0.4) is 0 Å². The van der Waals surface area contributed by atoms with Crippen LogP contribution >= 0.6 is 0 Å². The van der Waals surface area contributed by atoms with Crippen LogP contribution in [0.4, 0.5) is 5.69 Å². The highest BCUT2D eigenvalue weighted by Crippen LogP contribution is 2.25. The lowest BCUT2D eigenvalue weighted by molar-refractivity contribution is 0.102. The molecule has 0 aliphatic carbocycles. The number of anilines is 1. The number of aromatic nitrogens is 2. The zero-order valence-electron chi connectivity index (χ0n) is 14.2. The van der Waals surface area contributed by atoms with Gasteiger partial charge in [-0.05, 0) is 44.0 Å². The van der Waals surface area contributed by atoms with E-state index in [0.717, 1.165) is 16.9 Å². The molecule has 0 spiro atoms. The zero-order chi connectivity index (χ0) is 17.1. The average molecular weight is 323 g/mol. The van der Waals surface area contributed by atoms with Gasteiger partial charge in [0, 0.05) is 6.20 Å². The van der Waals surface area contributed by atoms with Crippen molar-refractivity contribution < 1.29 is 9.53 Å². The standard InChI is InChI=1S/C19H21N3O2/c1-4-14-18(22-12-13(3)10-11-17(22)20-14)19(23)21-15-8-6-7-9-16(15)24-5-2/h6-12H,4-5H2,1-3H3,(H,21,23). The Morgan fingerprint density at radius 3 is 2.75 bits per heavy atom. The highest BCUT2D eigenvalue weighted by molar-refractivity contribution is 6.05. The second-order valence-electron chi connectivity index (χ2n) is 5.58. The Bertz CT molecular complexity index is 883. The largest absolute Gasteiger partial charge is 0.492 e. The molecule has 1 aromatic carbocycles. The molecule has 0 saturated heterocycles. The van der Waals surface area contributed by atoms with E-state index < -0.39 is 0 Å². The van der Waals surface area contributed by atoms with Gasteiger partial charge in [-0.2, -0.15) is 0 Å². The van der Waals surface area contributed by atoms with Crippen LogP contribution in [0.5, 0.6) is 5.75 Å². The Morgan fingerprint density at radius 1 is 1.21 bits per heavy atom. The predicted octanol–water partition coefficient (Wildman–Crippen LogP) is 3.86. The number of aryl methyl sites for hydroxylation is 2. The molecular formula is C19H21N3O2. The van der Waals surface area contributed by atoms with Gasteiger partial charge in [0.1, 0.15) is 17.1 Å². The molecule has 0 atom stereocenters. The summed E-state index contributed by atoms with van der Waals surface area (Å²) >= 11 is 0. The Balaban J connectivity index is 2.01. The number of rotatable bonds is 5. The summed E-state index contributed by atoms with van der Waals surface area (Å²) in [6, 6.07) is 11.4. The van der Waals surface area contributed by atoms with Crippen LogP contribution in [0.2, 0.25) is 0 Å². The van der Waals surface area contributed by atoms with Gasteiger partial charge < -0.3 is 10.1 Å². The average Bonchev–Trinajstić information content (AvgIpc) is 2.94. The summed E-state index contributed by atoms with van der Waals surface area (Å²) in [6.07, 6.45) is 2.63. The molecular weight excluding hydrogens is 302 g/mol. The van der Waals surface area contributed by atoms with Gasteiger partial charge in [-0.15, -0.1) is 0 Å². The summed E-state index contributed by atoms with van der Waals surface area (Å²) in [5.41, 5.74) is 3.87. The lowest BCUT2D eigenvalue weighted by Gasteiger charge is -2.11. The van der Waals surface area contributed by atoms with Crippen LogP contribution in [-0.4, -0.2) is 21.9 Å². The molecule has 0 bridgehead atoms. The number of amides is 1. The Kier molecular flexibility index (Phi) is 4.51. The van der Waals surface area contributed by atoms with Gasteiger partial charge in [-0.25, -0.2) is 4.98 Å². The second kappa shape index (κ2) is 6.74. The first-order valence-corrected chi connectivity index (χ1v) is 8.14. The molecule has 3 aromatic rings. The lowest BCUT2D eigenvalue weighted by atomic mass is 10.2. The van der Waals surface area contributed by atoms with Gasteiger partial charge >= 0.3 is 0 Å². The maximum Gasteiger partial charge on any atom is 0.274 e. The zero-order valence-corrected chi connectivity index (χ0v) is 14.2. The molecule has 0 fully saturated rings. The minimum atomic E-state index is -0.183. The first-order valence-electron chi connectivity index (χ1n) is 8.14. The van der Waals surface area contributed by atoms with E-state index in [-0.39, 0.29) is 5.91 Å². The van der Waals surface area contributed by atoms with Crippen molar-refractivity contribution in [3.8, 4) is 5.75 Å². The smallest absolute Gasteiger partial charge is 0.274 e. The van der Waals surface area contributed by atoms with E-state index in [1.165, 1.54) is 0 Å². The lowest BCUT2D eigenvalue weighted by Crippen LogP contribution is -2.17. The maximum atomic E-state index is 12.9. The van der Waals surface area contributed by atoms with E-state index in [0.29, 0.717) is 30.2 Å². The van der Waals surface area contributed by atoms with Crippen molar-refractivity contribution in [2.24, 2.45) is 0 Å². The quantitative estimate of drug-likeness (QED) is 0.776. The molecule has 0 aliphatic rings. The van der Waals surface area contributed by atoms with Crippen molar-refractivity contribution in [2.75, 3.05) is 11.9 Å².